The van der Waals surface area contributed by atoms with Crippen LogP contribution in [0.4, 0.5) is 10.2 Å². The molecule has 60 heavy (non-hydrogen) atoms. The number of nitrogens with zero attached hydrogens (tertiary/aromatic N) is 4. The van der Waals surface area contributed by atoms with Crippen molar-refractivity contribution in [1.29, 1.82) is 0 Å². The Balaban J connectivity index is 0.653. The maximum absolute atomic E-state index is 15.0. The summed E-state index contributed by atoms with van der Waals surface area (Å²) in [5.74, 6) is -1.74. The van der Waals surface area contributed by atoms with E-state index in [2.05, 4.69) is 25.6 Å². The average molecular weight is 825 g/mol. The van der Waals surface area contributed by atoms with E-state index in [1.165, 1.54) is 12.1 Å². The zero-order valence-electron chi connectivity index (χ0n) is 32.9. The van der Waals surface area contributed by atoms with Crippen LogP contribution in [0.5, 0.6) is 5.75 Å². The minimum Gasteiger partial charge on any atom is -0.491 e. The Bertz CT molecular complexity index is 2200. The molecule has 17 heteroatoms. The van der Waals surface area contributed by atoms with Crippen molar-refractivity contribution in [2.24, 2.45) is 0 Å². The Kier molecular flexibility index (Phi) is 14.6. The van der Waals surface area contributed by atoms with Crippen LogP contribution in [0.15, 0.2) is 67.1 Å². The van der Waals surface area contributed by atoms with Gasteiger partial charge in [0, 0.05) is 49.1 Å². The maximum Gasteiger partial charge on any atom is 0.262 e. The third-order valence-corrected chi connectivity index (χ3v) is 9.85. The molecule has 0 spiro atoms. The highest BCUT2D eigenvalue weighted by molar-refractivity contribution is 6.23. The van der Waals surface area contributed by atoms with Crippen LogP contribution in [0.25, 0.3) is 22.8 Å². The summed E-state index contributed by atoms with van der Waals surface area (Å²) in [4.78, 5) is 63.2. The van der Waals surface area contributed by atoms with Gasteiger partial charge in [0.2, 0.25) is 17.8 Å². The smallest absolute Gasteiger partial charge is 0.262 e. The predicted octanol–water partition coefficient (Wildman–Crippen LogP) is 3.75. The number of allylic oxidation sites excluding steroid dienone is 1. The Morgan fingerprint density at radius 1 is 0.750 bits per heavy atom. The van der Waals surface area contributed by atoms with Crippen LogP contribution < -0.4 is 15.4 Å². The predicted molar refractivity (Wildman–Crippen MR) is 214 cm³/mol. The number of carbonyl (C=O) groups excluding carboxylic acids is 4. The number of halogens is 1. The van der Waals surface area contributed by atoms with Gasteiger partial charge in [-0.1, -0.05) is 0 Å². The highest BCUT2D eigenvalue weighted by atomic mass is 19.1. The first-order valence-corrected chi connectivity index (χ1v) is 19.7. The summed E-state index contributed by atoms with van der Waals surface area (Å²) in [6, 6.07) is 12.7. The third kappa shape index (κ3) is 10.8. The molecule has 1 fully saturated rings. The molecule has 1 aliphatic carbocycles. The van der Waals surface area contributed by atoms with Gasteiger partial charge in [0.15, 0.2) is 0 Å². The van der Waals surface area contributed by atoms with E-state index in [1.807, 2.05) is 30.5 Å². The largest absolute Gasteiger partial charge is 0.491 e. The Morgan fingerprint density at radius 3 is 2.10 bits per heavy atom. The van der Waals surface area contributed by atoms with Gasteiger partial charge in [-0.15, -0.1) is 0 Å². The lowest BCUT2D eigenvalue weighted by Gasteiger charge is -2.27. The van der Waals surface area contributed by atoms with Crippen molar-refractivity contribution in [3.05, 3.63) is 101 Å². The van der Waals surface area contributed by atoms with Gasteiger partial charge < -0.3 is 33.7 Å². The monoisotopic (exact) mass is 824 g/mol. The molecule has 0 saturated carbocycles. The summed E-state index contributed by atoms with van der Waals surface area (Å²) in [5, 5.41) is 5.37. The highest BCUT2D eigenvalue weighted by Gasteiger charge is 2.44. The lowest BCUT2D eigenvalue weighted by Crippen LogP contribution is -2.54. The fourth-order valence-corrected chi connectivity index (χ4v) is 6.81. The molecule has 2 aliphatic heterocycles. The fraction of sp³-hybridized carbons (Fsp3) is 0.372. The first-order chi connectivity index (χ1) is 29.4. The van der Waals surface area contributed by atoms with Crippen molar-refractivity contribution in [3.63, 3.8) is 0 Å². The van der Waals surface area contributed by atoms with Gasteiger partial charge in [0.05, 0.1) is 82.9 Å². The number of nitrogens with one attached hydrogen (secondary N) is 2. The van der Waals surface area contributed by atoms with Crippen LogP contribution in [0.2, 0.25) is 0 Å². The minimum atomic E-state index is -1.02. The quantitative estimate of drug-likeness (QED) is 0.0625. The van der Waals surface area contributed by atoms with Crippen molar-refractivity contribution in [2.45, 2.75) is 25.3 Å². The number of hydrogen-bond donors (Lipinski definition) is 2. The zero-order chi connectivity index (χ0) is 41.7. The normalized spacial score (nSPS) is 15.8. The summed E-state index contributed by atoms with van der Waals surface area (Å²) < 4.78 is 48.4. The fourth-order valence-electron chi connectivity index (χ4n) is 6.81. The first-order valence-electron chi connectivity index (χ1n) is 19.7. The lowest BCUT2D eigenvalue weighted by molar-refractivity contribution is -0.136. The molecule has 1 atom stereocenters. The third-order valence-electron chi connectivity index (χ3n) is 9.85. The van der Waals surface area contributed by atoms with E-state index < -0.39 is 35.6 Å². The van der Waals surface area contributed by atoms with E-state index in [4.69, 9.17) is 28.4 Å². The summed E-state index contributed by atoms with van der Waals surface area (Å²) >= 11 is 0. The van der Waals surface area contributed by atoms with Crippen LogP contribution in [0, 0.1) is 5.95 Å². The lowest BCUT2D eigenvalue weighted by atomic mass is 10.0. The topological polar surface area (TPSA) is 190 Å². The number of carbonyl (C=O) groups is 4. The van der Waals surface area contributed by atoms with Crippen molar-refractivity contribution in [1.82, 2.24) is 25.2 Å². The number of pyridine rings is 3. The molecular formula is C43H45FN6O10. The summed E-state index contributed by atoms with van der Waals surface area (Å²) in [7, 11) is 0. The van der Waals surface area contributed by atoms with Crippen molar-refractivity contribution in [2.75, 3.05) is 84.5 Å². The molecule has 3 aromatic heterocycles. The molecule has 1 unspecified atom stereocenters. The molecule has 4 amide bonds. The zero-order valence-corrected chi connectivity index (χ0v) is 32.9. The number of hydrogen-bond acceptors (Lipinski definition) is 14. The van der Waals surface area contributed by atoms with Gasteiger partial charge in [0.1, 0.15) is 24.2 Å². The molecular weight excluding hydrogens is 780 g/mol. The number of piperidine rings is 1. The van der Waals surface area contributed by atoms with Gasteiger partial charge in [-0.05, 0) is 77.7 Å². The number of fused-ring (bicyclic) bond motifs is 2. The molecule has 7 rings (SSSR count). The van der Waals surface area contributed by atoms with E-state index >= 15 is 4.39 Å². The summed E-state index contributed by atoms with van der Waals surface area (Å²) in [6.45, 7) is 4.75. The van der Waals surface area contributed by atoms with E-state index in [9.17, 15) is 19.2 Å². The first kappa shape index (κ1) is 42.2. The van der Waals surface area contributed by atoms with Crippen molar-refractivity contribution in [3.8, 4) is 16.9 Å². The molecule has 1 aromatic carbocycles. The number of benzene rings is 1. The number of aromatic nitrogens is 3. The number of imide groups is 2. The molecule has 2 N–H and O–H groups in total. The molecule has 314 valence electrons. The summed E-state index contributed by atoms with van der Waals surface area (Å²) in [6.07, 6.45) is 8.05. The van der Waals surface area contributed by atoms with Crippen LogP contribution in [0.3, 0.4) is 0 Å². The second-order valence-corrected chi connectivity index (χ2v) is 13.9. The van der Waals surface area contributed by atoms with Crippen LogP contribution >= 0.6 is 0 Å². The second-order valence-electron chi connectivity index (χ2n) is 13.9. The average Bonchev–Trinajstić information content (AvgIpc) is 3.80. The molecule has 4 aromatic rings. The van der Waals surface area contributed by atoms with E-state index in [0.717, 1.165) is 21.6 Å². The molecule has 16 nitrogen and oxygen atoms in total. The molecule has 0 radical (unpaired) electrons. The summed E-state index contributed by atoms with van der Waals surface area (Å²) in [5.41, 5.74) is 5.15. The van der Waals surface area contributed by atoms with Crippen molar-refractivity contribution < 1.29 is 52.0 Å². The number of amides is 4. The van der Waals surface area contributed by atoms with Gasteiger partial charge >= 0.3 is 0 Å². The van der Waals surface area contributed by atoms with Crippen molar-refractivity contribution >= 4 is 41.1 Å². The Hall–Kier alpha value is -5.98. The van der Waals surface area contributed by atoms with Gasteiger partial charge in [-0.3, -0.25) is 34.4 Å². The highest BCUT2D eigenvalue weighted by Crippen LogP contribution is 2.32. The molecule has 1 saturated heterocycles. The maximum atomic E-state index is 15.0. The Labute approximate surface area is 345 Å². The van der Waals surface area contributed by atoms with E-state index in [0.29, 0.717) is 101 Å². The van der Waals surface area contributed by atoms with Gasteiger partial charge in [-0.25, -0.2) is 9.97 Å². The standard InChI is InChI=1S/C43H45FN6O10/c44-40-33(4-5-36(48-40)30-23-28-9-10-45-26-31(28)24-30)29-1-7-38(47-27-29)46-11-12-55-13-14-56-15-16-57-17-18-58-19-20-59-21-22-60-32-2-3-34-35(25-32)43(54)50(42(34)53)37-6-8-39(51)49-41(37)52/h1-5,7,9-10,23,25-27,37H,6,8,11-22,24H2,(H,46,47)(H,49,51,52). The molecule has 3 aliphatic rings. The minimum absolute atomic E-state index is 0.0562. The van der Waals surface area contributed by atoms with Gasteiger partial charge in [0.25, 0.3) is 11.8 Å². The molecule has 0 bridgehead atoms. The second kappa shape index (κ2) is 20.8. The van der Waals surface area contributed by atoms with Crippen LogP contribution in [-0.4, -0.2) is 129 Å². The SMILES string of the molecule is O=C1CCC(N2C(=O)c3ccc(OCCOCCOCCOCCOCCOCCNc4ccc(-c5ccc(C6=Cc7ccncc7C6)nc5F)cn4)cc3C2=O)C(=O)N1. The van der Waals surface area contributed by atoms with E-state index in [1.54, 1.807) is 30.6 Å². The van der Waals surface area contributed by atoms with E-state index in [-0.39, 0.29) is 37.2 Å². The number of ether oxygens (including phenoxy) is 6. The molecule has 5 heterocycles. The number of rotatable bonds is 23. The Morgan fingerprint density at radius 2 is 1.43 bits per heavy atom. The number of anilines is 1. The van der Waals surface area contributed by atoms with Crippen LogP contribution in [-0.2, 0) is 39.7 Å². The van der Waals surface area contributed by atoms with Gasteiger partial charge in [-0.2, -0.15) is 4.39 Å². The van der Waals surface area contributed by atoms with Crippen LogP contribution in [0.1, 0.15) is 50.4 Å².